The molecule has 0 aromatic carbocycles. The second-order valence-electron chi connectivity index (χ2n) is 10.8. The van der Waals surface area contributed by atoms with Gasteiger partial charge < -0.3 is 15.4 Å². The molecule has 4 N–H and O–H groups in total. The molecule has 188 valence electrons. The zero-order valence-electron chi connectivity index (χ0n) is 20.3. The minimum Gasteiger partial charge on any atom is -0.379 e. The maximum absolute atomic E-state index is 11.3. The number of nitrogens with one attached hydrogen (secondary N) is 4. The van der Waals surface area contributed by atoms with Gasteiger partial charge in [-0.25, -0.2) is 0 Å². The van der Waals surface area contributed by atoms with Crippen molar-refractivity contribution in [3.63, 3.8) is 0 Å². The summed E-state index contributed by atoms with van der Waals surface area (Å²) in [5.41, 5.74) is 3.38. The molecule has 0 aromatic rings. The van der Waals surface area contributed by atoms with Crippen LogP contribution in [-0.4, -0.2) is 92.3 Å². The molecule has 4 unspecified atom stereocenters. The Morgan fingerprint density at radius 3 is 2.67 bits per heavy atom. The third-order valence-corrected chi connectivity index (χ3v) is 8.56. The number of morpholine rings is 1. The summed E-state index contributed by atoms with van der Waals surface area (Å²) in [5, 5.41) is 10.7. The molecule has 33 heavy (non-hydrogen) atoms. The largest absolute Gasteiger partial charge is 0.379 e. The first kappa shape index (κ1) is 23.9. The van der Waals surface area contributed by atoms with Crippen molar-refractivity contribution in [2.45, 2.75) is 88.9 Å². The van der Waals surface area contributed by atoms with E-state index in [-0.39, 0.29) is 18.3 Å². The first-order valence-electron chi connectivity index (χ1n) is 13.4. The molecule has 4 heterocycles. The molecule has 1 aliphatic carbocycles. The summed E-state index contributed by atoms with van der Waals surface area (Å²) in [6, 6.07) is 0.830. The highest BCUT2D eigenvalue weighted by molar-refractivity contribution is 5.73. The van der Waals surface area contributed by atoms with Gasteiger partial charge in [-0.3, -0.25) is 24.7 Å². The van der Waals surface area contributed by atoms with Gasteiger partial charge in [0, 0.05) is 32.6 Å². The molecule has 1 amide bonds. The van der Waals surface area contributed by atoms with Crippen molar-refractivity contribution in [3.8, 4) is 0 Å². The third-order valence-electron chi connectivity index (χ3n) is 8.56. The summed E-state index contributed by atoms with van der Waals surface area (Å²) in [4.78, 5) is 22.7. The van der Waals surface area contributed by atoms with E-state index in [9.17, 15) is 4.79 Å². The summed E-state index contributed by atoms with van der Waals surface area (Å²) in [7, 11) is 0. The van der Waals surface area contributed by atoms with Crippen LogP contribution in [0.4, 0.5) is 0 Å². The van der Waals surface area contributed by atoms with E-state index in [0.29, 0.717) is 24.2 Å². The summed E-state index contributed by atoms with van der Waals surface area (Å²) in [5.74, 6) is 1.41. The van der Waals surface area contributed by atoms with Gasteiger partial charge in [-0.2, -0.15) is 5.48 Å². The number of hydrogen-bond acceptors (Lipinski definition) is 8. The van der Waals surface area contributed by atoms with Gasteiger partial charge in [0.1, 0.15) is 6.23 Å². The molecule has 5 fully saturated rings. The Morgan fingerprint density at radius 2 is 1.88 bits per heavy atom. The highest BCUT2D eigenvalue weighted by Crippen LogP contribution is 2.31. The molecule has 5 atom stereocenters. The molecule has 0 aromatic heterocycles. The van der Waals surface area contributed by atoms with Crippen LogP contribution >= 0.6 is 0 Å². The quantitative estimate of drug-likeness (QED) is 0.454. The molecule has 9 nitrogen and oxygen atoms in total. The van der Waals surface area contributed by atoms with Crippen molar-refractivity contribution < 1.29 is 14.4 Å². The summed E-state index contributed by atoms with van der Waals surface area (Å²) in [6.45, 7) is 8.78. The van der Waals surface area contributed by atoms with Gasteiger partial charge >= 0.3 is 0 Å². The molecule has 4 aliphatic heterocycles. The second-order valence-corrected chi connectivity index (χ2v) is 10.8. The Balaban J connectivity index is 1.09. The summed E-state index contributed by atoms with van der Waals surface area (Å²) < 4.78 is 5.54. The van der Waals surface area contributed by atoms with Gasteiger partial charge in [-0.1, -0.05) is 0 Å². The minimum atomic E-state index is 0.0740. The van der Waals surface area contributed by atoms with Crippen molar-refractivity contribution in [3.05, 3.63) is 0 Å². The van der Waals surface area contributed by atoms with Gasteiger partial charge in [0.15, 0.2) is 0 Å². The number of rotatable bonds is 6. The SMILES string of the molecule is CC(=O)NC1CCC(CN2CCC[C@H]2C2NC(C3CCNC(N4CCOCC4)C3)NO2)CC1. The van der Waals surface area contributed by atoms with Gasteiger partial charge in [0.25, 0.3) is 0 Å². The maximum Gasteiger partial charge on any atom is 0.217 e. The van der Waals surface area contributed by atoms with Gasteiger partial charge in [0.05, 0.1) is 31.6 Å². The second kappa shape index (κ2) is 11.3. The first-order chi connectivity index (χ1) is 16.2. The van der Waals surface area contributed by atoms with Crippen LogP contribution in [0.25, 0.3) is 0 Å². The maximum atomic E-state index is 11.3. The lowest BCUT2D eigenvalue weighted by Gasteiger charge is -2.41. The average Bonchev–Trinajstić information content (AvgIpc) is 3.50. The van der Waals surface area contributed by atoms with E-state index < -0.39 is 0 Å². The molecule has 5 aliphatic rings. The Hall–Kier alpha value is -0.810. The highest BCUT2D eigenvalue weighted by atomic mass is 16.7. The number of carbonyl (C=O) groups excluding carboxylic acids is 1. The number of piperidine rings is 1. The molecule has 0 radical (unpaired) electrons. The minimum absolute atomic E-state index is 0.0740. The number of carbonyl (C=O) groups is 1. The van der Waals surface area contributed by atoms with Crippen LogP contribution < -0.4 is 21.4 Å². The van der Waals surface area contributed by atoms with Crippen LogP contribution in [0.15, 0.2) is 0 Å². The van der Waals surface area contributed by atoms with E-state index in [2.05, 4.69) is 31.2 Å². The fraction of sp³-hybridized carbons (Fsp3) is 0.958. The van der Waals surface area contributed by atoms with Crippen LogP contribution in [0.2, 0.25) is 0 Å². The van der Waals surface area contributed by atoms with E-state index in [4.69, 9.17) is 9.57 Å². The van der Waals surface area contributed by atoms with E-state index >= 15 is 0 Å². The summed E-state index contributed by atoms with van der Waals surface area (Å²) in [6.07, 6.45) is 10.2. The predicted octanol–water partition coefficient (Wildman–Crippen LogP) is 0.580. The zero-order chi connectivity index (χ0) is 22.6. The number of hydrogen-bond donors (Lipinski definition) is 4. The fourth-order valence-electron chi connectivity index (χ4n) is 6.74. The molecule has 5 rings (SSSR count). The monoisotopic (exact) mass is 464 g/mol. The Morgan fingerprint density at radius 1 is 1.06 bits per heavy atom. The van der Waals surface area contributed by atoms with Crippen molar-refractivity contribution in [1.29, 1.82) is 0 Å². The molecule has 4 saturated heterocycles. The van der Waals surface area contributed by atoms with Crippen molar-refractivity contribution in [1.82, 2.24) is 31.2 Å². The van der Waals surface area contributed by atoms with Gasteiger partial charge in [-0.05, 0) is 76.3 Å². The smallest absolute Gasteiger partial charge is 0.217 e. The lowest BCUT2D eigenvalue weighted by atomic mass is 9.85. The lowest BCUT2D eigenvalue weighted by Crippen LogP contribution is -2.57. The number of nitrogens with zero attached hydrogens (tertiary/aromatic N) is 2. The van der Waals surface area contributed by atoms with Crippen molar-refractivity contribution in [2.24, 2.45) is 11.8 Å². The van der Waals surface area contributed by atoms with Gasteiger partial charge in [0.2, 0.25) is 5.91 Å². The molecule has 0 spiro atoms. The molecule has 0 bridgehead atoms. The Bertz CT molecular complexity index is 640. The molecular formula is C24H44N6O3. The number of amides is 1. The predicted molar refractivity (Wildman–Crippen MR) is 126 cm³/mol. The number of hydroxylamine groups is 1. The third kappa shape index (κ3) is 6.07. The fourth-order valence-corrected chi connectivity index (χ4v) is 6.74. The van der Waals surface area contributed by atoms with Gasteiger partial charge in [-0.15, -0.1) is 0 Å². The van der Waals surface area contributed by atoms with Crippen LogP contribution in [0.5, 0.6) is 0 Å². The molecule has 9 heteroatoms. The number of ether oxygens (including phenoxy) is 1. The average molecular weight is 465 g/mol. The number of likely N-dealkylation sites (tertiary alicyclic amines) is 1. The normalized spacial score (nSPS) is 41.3. The van der Waals surface area contributed by atoms with E-state index in [0.717, 1.165) is 64.6 Å². The Kier molecular flexibility index (Phi) is 8.18. The van der Waals surface area contributed by atoms with E-state index in [1.807, 2.05) is 0 Å². The van der Waals surface area contributed by atoms with Crippen molar-refractivity contribution >= 4 is 5.91 Å². The lowest BCUT2D eigenvalue weighted by molar-refractivity contribution is -0.119. The van der Waals surface area contributed by atoms with E-state index in [1.165, 1.54) is 38.6 Å². The van der Waals surface area contributed by atoms with E-state index in [1.54, 1.807) is 6.92 Å². The standard InChI is InChI=1S/C24H44N6O3/c1-17(31)26-20-6-4-18(5-7-20)16-30-10-2-3-21(30)24-27-23(28-33-24)19-8-9-25-22(15-19)29-11-13-32-14-12-29/h18-25,27-28H,2-16H2,1H3,(H,26,31)/t18?,19?,20?,21-,22?,23?,24?/m0/s1. The van der Waals surface area contributed by atoms with Crippen LogP contribution in [0.1, 0.15) is 58.3 Å². The van der Waals surface area contributed by atoms with Crippen LogP contribution in [0, 0.1) is 11.8 Å². The van der Waals surface area contributed by atoms with Crippen LogP contribution in [-0.2, 0) is 14.4 Å². The van der Waals surface area contributed by atoms with Crippen molar-refractivity contribution in [2.75, 3.05) is 45.9 Å². The first-order valence-corrected chi connectivity index (χ1v) is 13.4. The highest BCUT2D eigenvalue weighted by Gasteiger charge is 2.42. The molecule has 1 saturated carbocycles. The zero-order valence-corrected chi connectivity index (χ0v) is 20.3. The Labute approximate surface area is 198 Å². The van der Waals surface area contributed by atoms with Crippen LogP contribution in [0.3, 0.4) is 0 Å². The molecular weight excluding hydrogens is 420 g/mol. The topological polar surface area (TPSA) is 90.1 Å². The summed E-state index contributed by atoms with van der Waals surface area (Å²) >= 11 is 0.